The number of aliphatic carboxylic acids is 1. The summed E-state index contributed by atoms with van der Waals surface area (Å²) in [6, 6.07) is 4.72. The lowest BCUT2D eigenvalue weighted by atomic mass is 10.0. The molecule has 0 aliphatic rings. The minimum absolute atomic E-state index is 0.0564. The molecule has 2 amide bonds. The van der Waals surface area contributed by atoms with Crippen LogP contribution in [0.4, 0.5) is 0 Å². The number of carbonyl (C=O) groups is 3. The molecule has 3 atom stereocenters. The van der Waals surface area contributed by atoms with Crippen molar-refractivity contribution in [1.82, 2.24) is 15.6 Å². The van der Waals surface area contributed by atoms with Gasteiger partial charge in [-0.3, -0.25) is 14.6 Å². The average molecular weight is 474 g/mol. The van der Waals surface area contributed by atoms with Crippen LogP contribution in [-0.4, -0.2) is 58.5 Å². The van der Waals surface area contributed by atoms with Crippen LogP contribution in [0, 0.1) is 5.92 Å². The fourth-order valence-corrected chi connectivity index (χ4v) is 3.65. The average Bonchev–Trinajstić information content (AvgIpc) is 3.17. The summed E-state index contributed by atoms with van der Waals surface area (Å²) in [5, 5.41) is 15.6. The molecule has 0 aliphatic carbocycles. The van der Waals surface area contributed by atoms with E-state index in [9.17, 15) is 19.5 Å². The quantitative estimate of drug-likeness (QED) is 0.122. The smallest absolute Gasteiger partial charge is 0.326 e. The monoisotopic (exact) mass is 473 g/mol. The lowest BCUT2D eigenvalue weighted by Crippen LogP contribution is -2.55. The van der Waals surface area contributed by atoms with Gasteiger partial charge in [0, 0.05) is 23.6 Å². The van der Waals surface area contributed by atoms with Crippen LogP contribution in [0.3, 0.4) is 0 Å². The molecule has 1 aromatic heterocycles. The number of carboxylic acids is 1. The number of hydrogen-bond acceptors (Lipinski definition) is 5. The van der Waals surface area contributed by atoms with E-state index in [1.54, 1.807) is 6.20 Å². The molecule has 0 aliphatic heterocycles. The van der Waals surface area contributed by atoms with Crippen LogP contribution >= 0.6 is 0 Å². The number of guanidine groups is 1. The second-order valence-corrected chi connectivity index (χ2v) is 8.71. The van der Waals surface area contributed by atoms with E-state index in [0.29, 0.717) is 6.42 Å². The highest BCUT2D eigenvalue weighted by Crippen LogP contribution is 2.19. The number of hydrogen-bond donors (Lipinski definition) is 7. The van der Waals surface area contributed by atoms with Crippen LogP contribution in [-0.2, 0) is 20.8 Å². The molecule has 0 saturated carbocycles. The first-order chi connectivity index (χ1) is 16.1. The molecule has 34 heavy (non-hydrogen) atoms. The van der Waals surface area contributed by atoms with Gasteiger partial charge >= 0.3 is 5.97 Å². The molecule has 2 rings (SSSR count). The maximum Gasteiger partial charge on any atom is 0.326 e. The van der Waals surface area contributed by atoms with Crippen molar-refractivity contribution in [3.8, 4) is 0 Å². The van der Waals surface area contributed by atoms with E-state index >= 15 is 0 Å². The van der Waals surface area contributed by atoms with Crippen LogP contribution < -0.4 is 27.8 Å². The number of nitrogens with two attached hydrogens (primary N) is 3. The number of amides is 2. The number of nitrogens with one attached hydrogen (secondary N) is 3. The molecular weight excluding hydrogens is 438 g/mol. The number of benzene rings is 1. The molecule has 1 heterocycles. The van der Waals surface area contributed by atoms with E-state index < -0.39 is 35.9 Å². The number of carboxylic acid groups (broad SMARTS) is 1. The first-order valence-corrected chi connectivity index (χ1v) is 11.3. The fraction of sp³-hybridized carbons (Fsp3) is 0.478. The van der Waals surface area contributed by atoms with E-state index in [1.807, 2.05) is 38.1 Å². The summed E-state index contributed by atoms with van der Waals surface area (Å²) in [7, 11) is 0. The first kappa shape index (κ1) is 26.7. The Morgan fingerprint density at radius 3 is 2.41 bits per heavy atom. The SMILES string of the molecule is CC(C)C[C@H](NC(=O)[C@@H](CCCN=C(N)N)NC(=O)[C@H](N)Cc1c[nH]c2ccccc12)C(=O)O. The van der Waals surface area contributed by atoms with Crippen molar-refractivity contribution < 1.29 is 19.5 Å². The van der Waals surface area contributed by atoms with Gasteiger partial charge in [0.1, 0.15) is 12.1 Å². The van der Waals surface area contributed by atoms with E-state index in [2.05, 4.69) is 20.6 Å². The van der Waals surface area contributed by atoms with Crippen LogP contribution in [0.2, 0.25) is 0 Å². The summed E-state index contributed by atoms with van der Waals surface area (Å²) in [6.45, 7) is 3.98. The number of nitrogens with zero attached hydrogens (tertiary/aromatic N) is 1. The van der Waals surface area contributed by atoms with Crippen molar-refractivity contribution in [2.75, 3.05) is 6.54 Å². The fourth-order valence-electron chi connectivity index (χ4n) is 3.65. The third kappa shape index (κ3) is 8.07. The summed E-state index contributed by atoms with van der Waals surface area (Å²) in [5.41, 5.74) is 18.6. The highest BCUT2D eigenvalue weighted by atomic mass is 16.4. The van der Waals surface area contributed by atoms with Crippen LogP contribution in [0.1, 0.15) is 38.7 Å². The van der Waals surface area contributed by atoms with E-state index in [1.165, 1.54) is 0 Å². The van der Waals surface area contributed by atoms with Gasteiger partial charge in [-0.2, -0.15) is 0 Å². The van der Waals surface area contributed by atoms with Gasteiger partial charge in [0.15, 0.2) is 5.96 Å². The molecule has 186 valence electrons. The molecule has 0 bridgehead atoms. The van der Waals surface area contributed by atoms with Gasteiger partial charge in [0.25, 0.3) is 0 Å². The van der Waals surface area contributed by atoms with Crippen molar-refractivity contribution in [3.05, 3.63) is 36.0 Å². The number of para-hydroxylation sites is 1. The Kier molecular flexibility index (Phi) is 9.87. The van der Waals surface area contributed by atoms with Gasteiger partial charge in [-0.15, -0.1) is 0 Å². The van der Waals surface area contributed by atoms with Gasteiger partial charge < -0.3 is 37.9 Å². The molecule has 1 aromatic carbocycles. The second kappa shape index (κ2) is 12.6. The highest BCUT2D eigenvalue weighted by Gasteiger charge is 2.28. The first-order valence-electron chi connectivity index (χ1n) is 11.3. The Labute approximate surface area is 198 Å². The summed E-state index contributed by atoms with van der Waals surface area (Å²) in [6.07, 6.45) is 2.94. The largest absolute Gasteiger partial charge is 0.480 e. The van der Waals surface area contributed by atoms with Crippen molar-refractivity contribution in [3.63, 3.8) is 0 Å². The van der Waals surface area contributed by atoms with Gasteiger partial charge in [0.05, 0.1) is 6.04 Å². The maximum atomic E-state index is 12.9. The molecule has 11 nitrogen and oxygen atoms in total. The molecular formula is C23H35N7O4. The lowest BCUT2D eigenvalue weighted by Gasteiger charge is -2.23. The number of fused-ring (bicyclic) bond motifs is 1. The van der Waals surface area contributed by atoms with Gasteiger partial charge in [-0.05, 0) is 43.2 Å². The summed E-state index contributed by atoms with van der Waals surface area (Å²) in [5.74, 6) is -2.26. The zero-order valence-corrected chi connectivity index (χ0v) is 19.6. The van der Waals surface area contributed by atoms with Gasteiger partial charge in [0.2, 0.25) is 11.8 Å². The number of H-pyrrole nitrogens is 1. The number of aliphatic imine (C=N–C) groups is 1. The molecule has 0 saturated heterocycles. The number of rotatable bonds is 13. The minimum Gasteiger partial charge on any atom is -0.480 e. The molecule has 0 spiro atoms. The second-order valence-electron chi connectivity index (χ2n) is 8.71. The number of carbonyl (C=O) groups excluding carboxylic acids is 2. The standard InChI is InChI=1S/C23H35N7O4/c1-13(2)10-19(22(33)34)30-21(32)18(8-5-9-27-23(25)26)29-20(31)16(24)11-14-12-28-17-7-4-3-6-15(14)17/h3-4,6-7,12-13,16,18-19,28H,5,8-11,24H2,1-2H3,(H,29,31)(H,30,32)(H,33,34)(H4,25,26,27)/t16-,18-,19+/m1/s1. The van der Waals surface area contributed by atoms with Crippen LogP contribution in [0.5, 0.6) is 0 Å². The van der Waals surface area contributed by atoms with Gasteiger partial charge in [-0.25, -0.2) is 4.79 Å². The summed E-state index contributed by atoms with van der Waals surface area (Å²) in [4.78, 5) is 44.3. The zero-order valence-electron chi connectivity index (χ0n) is 19.6. The topological polar surface area (TPSA) is 202 Å². The highest BCUT2D eigenvalue weighted by molar-refractivity contribution is 5.92. The molecule has 0 fully saturated rings. The number of aromatic amines is 1. The molecule has 10 N–H and O–H groups in total. The van der Waals surface area contributed by atoms with Crippen LogP contribution in [0.25, 0.3) is 10.9 Å². The zero-order chi connectivity index (χ0) is 25.3. The van der Waals surface area contributed by atoms with E-state index in [-0.39, 0.29) is 37.7 Å². The van der Waals surface area contributed by atoms with E-state index in [4.69, 9.17) is 17.2 Å². The third-order valence-electron chi connectivity index (χ3n) is 5.35. The Morgan fingerprint density at radius 1 is 1.09 bits per heavy atom. The lowest BCUT2D eigenvalue weighted by molar-refractivity contribution is -0.142. The summed E-state index contributed by atoms with van der Waals surface area (Å²) >= 11 is 0. The molecule has 11 heteroatoms. The Morgan fingerprint density at radius 2 is 1.76 bits per heavy atom. The van der Waals surface area contributed by atoms with Crippen molar-refractivity contribution in [1.29, 1.82) is 0 Å². The Balaban J connectivity index is 2.08. The maximum absolute atomic E-state index is 12.9. The van der Waals surface area contributed by atoms with E-state index in [0.717, 1.165) is 16.5 Å². The predicted molar refractivity (Wildman–Crippen MR) is 131 cm³/mol. The third-order valence-corrected chi connectivity index (χ3v) is 5.35. The molecule has 0 radical (unpaired) electrons. The number of aromatic nitrogens is 1. The van der Waals surface area contributed by atoms with Crippen molar-refractivity contribution >= 4 is 34.6 Å². The Bertz CT molecular complexity index is 1010. The van der Waals surface area contributed by atoms with Crippen molar-refractivity contribution in [2.45, 2.75) is 57.7 Å². The van der Waals surface area contributed by atoms with Crippen molar-refractivity contribution in [2.24, 2.45) is 28.1 Å². The minimum atomic E-state index is -1.14. The normalized spacial score (nSPS) is 13.8. The molecule has 2 aromatic rings. The summed E-state index contributed by atoms with van der Waals surface area (Å²) < 4.78 is 0. The Hall–Kier alpha value is -3.60. The predicted octanol–water partition coefficient (Wildman–Crippen LogP) is 0.192. The molecule has 0 unspecified atom stereocenters. The van der Waals surface area contributed by atoms with Crippen LogP contribution in [0.15, 0.2) is 35.5 Å². The van der Waals surface area contributed by atoms with Gasteiger partial charge in [-0.1, -0.05) is 32.0 Å².